The molecule has 0 N–H and O–H groups in total. The first-order valence-corrected chi connectivity index (χ1v) is 4.08. The molecule has 1 aromatic carbocycles. The first kappa shape index (κ1) is 10.5. The summed E-state index contributed by atoms with van der Waals surface area (Å²) in [7, 11) is 0. The molecule has 0 aliphatic carbocycles. The van der Waals surface area contributed by atoms with Crippen molar-refractivity contribution < 1.29 is 13.2 Å². The Bertz CT molecular complexity index is 338. The summed E-state index contributed by atoms with van der Waals surface area (Å²) in [4.78, 5) is 0. The molecule has 0 bridgehead atoms. The van der Waals surface area contributed by atoms with Crippen LogP contribution in [0.15, 0.2) is 18.2 Å². The van der Waals surface area contributed by atoms with Gasteiger partial charge in [0, 0.05) is 16.1 Å². The van der Waals surface area contributed by atoms with Crippen LogP contribution in [0, 0.1) is 0 Å². The van der Waals surface area contributed by atoms with E-state index in [1.54, 1.807) is 0 Å². The van der Waals surface area contributed by atoms with E-state index in [9.17, 15) is 13.2 Å². The third-order valence-corrected chi connectivity index (χ3v) is 1.92. The Labute approximate surface area is 83.3 Å². The largest absolute Gasteiger partial charge is 0.264 e. The number of alkyl halides is 2. The summed E-state index contributed by atoms with van der Waals surface area (Å²) in [5.74, 6) is 0. The van der Waals surface area contributed by atoms with Gasteiger partial charge in [0.2, 0.25) is 0 Å². The Hall–Kier alpha value is -0.610. The molecule has 5 heteroatoms. The highest BCUT2D eigenvalue weighted by Crippen LogP contribution is 2.26. The molecule has 0 spiro atoms. The minimum absolute atomic E-state index is 0.135. The third-order valence-electron chi connectivity index (χ3n) is 1.46. The van der Waals surface area contributed by atoms with E-state index in [0.29, 0.717) is 0 Å². The maximum Gasteiger partial charge on any atom is 0.264 e. The highest BCUT2D eigenvalue weighted by atomic mass is 35.5. The zero-order valence-electron chi connectivity index (χ0n) is 6.23. The van der Waals surface area contributed by atoms with Crippen molar-refractivity contribution in [1.29, 1.82) is 0 Å². The molecule has 0 nitrogen and oxygen atoms in total. The fourth-order valence-corrected chi connectivity index (χ4v) is 1.26. The van der Waals surface area contributed by atoms with Gasteiger partial charge in [-0.15, -0.1) is 0 Å². The second kappa shape index (κ2) is 4.07. The fraction of sp³-hybridized carbons (Fsp3) is 0.125. The molecule has 13 heavy (non-hydrogen) atoms. The maximum atomic E-state index is 12.5. The molecule has 70 valence electrons. The molecule has 0 saturated heterocycles. The van der Waals surface area contributed by atoms with Crippen LogP contribution in [0.1, 0.15) is 17.6 Å². The van der Waals surface area contributed by atoms with E-state index in [4.69, 9.17) is 11.6 Å². The van der Waals surface area contributed by atoms with Gasteiger partial charge < -0.3 is 0 Å². The zero-order chi connectivity index (χ0) is 10.0. The lowest BCUT2D eigenvalue weighted by Gasteiger charge is -2.05. The van der Waals surface area contributed by atoms with E-state index in [-0.39, 0.29) is 10.6 Å². The third kappa shape index (κ3) is 2.42. The normalized spacial score (nSPS) is 10.5. The molecule has 0 atom stereocenters. The van der Waals surface area contributed by atoms with Crippen LogP contribution in [-0.4, -0.2) is 5.12 Å². The van der Waals surface area contributed by atoms with Crippen molar-refractivity contribution in [3.63, 3.8) is 0 Å². The van der Waals surface area contributed by atoms with Gasteiger partial charge in [0.05, 0.1) is 0 Å². The van der Waals surface area contributed by atoms with Gasteiger partial charge in [-0.2, -0.15) is 4.39 Å². The molecule has 0 saturated carbocycles. The van der Waals surface area contributed by atoms with Crippen LogP contribution < -0.4 is 0 Å². The van der Waals surface area contributed by atoms with Gasteiger partial charge in [-0.3, -0.25) is 0 Å². The van der Waals surface area contributed by atoms with Crippen molar-refractivity contribution in [2.75, 3.05) is 0 Å². The summed E-state index contributed by atoms with van der Waals surface area (Å²) in [6, 6.07) is 3.47. The molecule has 0 heterocycles. The van der Waals surface area contributed by atoms with Crippen molar-refractivity contribution >= 4 is 28.9 Å². The van der Waals surface area contributed by atoms with Crippen LogP contribution in [0.5, 0.6) is 0 Å². The Kier molecular flexibility index (Phi) is 3.27. The standard InChI is InChI=1S/C8H4ClF3S/c9-4-1-2-5(8(12)13)6(3-4)7(10)11/h1-3,7H. The molecule has 0 aromatic heterocycles. The molecule has 0 fully saturated rings. The molecular formula is C8H4ClF3S. The Balaban J connectivity index is 3.26. The maximum absolute atomic E-state index is 12.5. The van der Waals surface area contributed by atoms with Crippen LogP contribution in [0.4, 0.5) is 13.2 Å². The van der Waals surface area contributed by atoms with Gasteiger partial charge in [0.1, 0.15) is 0 Å². The molecule has 1 aromatic rings. The lowest BCUT2D eigenvalue weighted by Crippen LogP contribution is -1.97. The van der Waals surface area contributed by atoms with Crippen molar-refractivity contribution in [2.45, 2.75) is 6.43 Å². The highest BCUT2D eigenvalue weighted by Gasteiger charge is 2.15. The summed E-state index contributed by atoms with van der Waals surface area (Å²) in [6.07, 6.45) is -2.78. The molecule has 0 aliphatic heterocycles. The lowest BCUT2D eigenvalue weighted by molar-refractivity contribution is 0.151. The number of hydrogen-bond donors (Lipinski definition) is 0. The Morgan fingerprint density at radius 3 is 2.46 bits per heavy atom. The minimum atomic E-state index is -2.78. The predicted molar refractivity (Wildman–Crippen MR) is 49.2 cm³/mol. The van der Waals surface area contributed by atoms with Crippen molar-refractivity contribution in [1.82, 2.24) is 0 Å². The molecular weight excluding hydrogens is 221 g/mol. The Morgan fingerprint density at radius 1 is 1.38 bits per heavy atom. The van der Waals surface area contributed by atoms with E-state index in [2.05, 4.69) is 12.2 Å². The number of rotatable bonds is 2. The van der Waals surface area contributed by atoms with Gasteiger partial charge in [-0.25, -0.2) is 8.78 Å². The fourth-order valence-electron chi connectivity index (χ4n) is 0.893. The highest BCUT2D eigenvalue weighted by molar-refractivity contribution is 7.80. The van der Waals surface area contributed by atoms with Crippen LogP contribution >= 0.6 is 23.8 Å². The van der Waals surface area contributed by atoms with Gasteiger partial charge >= 0.3 is 0 Å². The summed E-state index contributed by atoms with van der Waals surface area (Å²) >= 11 is 9.64. The van der Waals surface area contributed by atoms with Gasteiger partial charge in [-0.05, 0) is 30.4 Å². The second-order valence-corrected chi connectivity index (χ2v) is 3.10. The summed E-state index contributed by atoms with van der Waals surface area (Å²) in [5.41, 5.74) is -0.741. The summed E-state index contributed by atoms with van der Waals surface area (Å²) in [6.45, 7) is 0. The van der Waals surface area contributed by atoms with E-state index >= 15 is 0 Å². The quantitative estimate of drug-likeness (QED) is 0.542. The average molecular weight is 225 g/mol. The first-order valence-electron chi connectivity index (χ1n) is 3.30. The van der Waals surface area contributed by atoms with Crippen molar-refractivity contribution in [3.05, 3.63) is 34.3 Å². The Morgan fingerprint density at radius 2 is 2.00 bits per heavy atom. The zero-order valence-corrected chi connectivity index (χ0v) is 7.80. The monoisotopic (exact) mass is 224 g/mol. The molecule has 1 rings (SSSR count). The number of thiocarbonyl (C=S) groups is 1. The van der Waals surface area contributed by atoms with Crippen LogP contribution in [-0.2, 0) is 0 Å². The van der Waals surface area contributed by atoms with Crippen molar-refractivity contribution in [2.24, 2.45) is 0 Å². The molecule has 0 radical (unpaired) electrons. The van der Waals surface area contributed by atoms with Crippen LogP contribution in [0.25, 0.3) is 0 Å². The number of benzene rings is 1. The van der Waals surface area contributed by atoms with Crippen LogP contribution in [0.3, 0.4) is 0 Å². The summed E-state index contributed by atoms with van der Waals surface area (Å²) in [5, 5.41) is -0.915. The topological polar surface area (TPSA) is 0 Å². The molecule has 0 unspecified atom stereocenters. The minimum Gasteiger partial charge on any atom is -0.205 e. The molecule has 0 amide bonds. The van der Waals surface area contributed by atoms with E-state index in [1.165, 1.54) is 6.07 Å². The summed E-state index contributed by atoms with van der Waals surface area (Å²) < 4.78 is 37.1. The van der Waals surface area contributed by atoms with Gasteiger partial charge in [0.25, 0.3) is 6.43 Å². The van der Waals surface area contributed by atoms with Gasteiger partial charge in [-0.1, -0.05) is 11.6 Å². The molecule has 0 aliphatic rings. The average Bonchev–Trinajstić information content (AvgIpc) is 2.03. The van der Waals surface area contributed by atoms with Gasteiger partial charge in [0.15, 0.2) is 5.12 Å². The number of halogens is 4. The van der Waals surface area contributed by atoms with Crippen molar-refractivity contribution in [3.8, 4) is 0 Å². The predicted octanol–water partition coefficient (Wildman–Crippen LogP) is 3.92. The van der Waals surface area contributed by atoms with Crippen LogP contribution in [0.2, 0.25) is 5.02 Å². The second-order valence-electron chi connectivity index (χ2n) is 2.31. The number of hydrogen-bond acceptors (Lipinski definition) is 1. The van der Waals surface area contributed by atoms with E-state index in [0.717, 1.165) is 12.1 Å². The first-order chi connectivity index (χ1) is 6.02. The SMILES string of the molecule is FC(=S)c1ccc(Cl)cc1C(F)F. The van der Waals surface area contributed by atoms with E-state index in [1.807, 2.05) is 0 Å². The van der Waals surface area contributed by atoms with E-state index < -0.39 is 17.1 Å². The smallest absolute Gasteiger partial charge is 0.205 e. The lowest BCUT2D eigenvalue weighted by atomic mass is 10.1.